The van der Waals surface area contributed by atoms with Crippen molar-refractivity contribution < 1.29 is 4.79 Å². The van der Waals surface area contributed by atoms with Crippen LogP contribution in [0.3, 0.4) is 0 Å². The molecule has 164 valence electrons. The number of primary amides is 1. The van der Waals surface area contributed by atoms with E-state index < -0.39 is 12.1 Å². The van der Waals surface area contributed by atoms with E-state index in [2.05, 4.69) is 5.10 Å². The number of urea groups is 1. The minimum Gasteiger partial charge on any atom is -0.350 e. The maximum Gasteiger partial charge on any atom is 0.335 e. The molecule has 1 unspecified atom stereocenters. The zero-order valence-electron chi connectivity index (χ0n) is 17.4. The van der Waals surface area contributed by atoms with Crippen molar-refractivity contribution in [2.24, 2.45) is 10.8 Å². The Morgan fingerprint density at radius 2 is 1.48 bits per heavy atom. The summed E-state index contributed by atoms with van der Waals surface area (Å²) in [7, 11) is 0. The molecule has 0 aliphatic carbocycles. The molecule has 8 heteroatoms. The van der Waals surface area contributed by atoms with Crippen molar-refractivity contribution in [2.75, 3.05) is 0 Å². The van der Waals surface area contributed by atoms with E-state index in [-0.39, 0.29) is 0 Å². The summed E-state index contributed by atoms with van der Waals surface area (Å²) < 4.78 is 1.80. The number of carbonyl (C=O) groups is 1. The van der Waals surface area contributed by atoms with Crippen LogP contribution in [0.5, 0.6) is 0 Å². The lowest BCUT2D eigenvalue weighted by atomic mass is 9.96. The molecule has 1 aliphatic heterocycles. The summed E-state index contributed by atoms with van der Waals surface area (Å²) in [6.45, 7) is 0. The van der Waals surface area contributed by atoms with Crippen molar-refractivity contribution in [1.29, 1.82) is 0 Å². The first-order chi connectivity index (χ1) is 16.0. The summed E-state index contributed by atoms with van der Waals surface area (Å²) >= 11 is 12.1. The first-order valence-corrected chi connectivity index (χ1v) is 11.1. The Labute approximate surface area is 200 Å². The van der Waals surface area contributed by atoms with Crippen LogP contribution in [0, 0.1) is 0 Å². The van der Waals surface area contributed by atoms with Crippen LogP contribution in [0.15, 0.2) is 90.2 Å². The molecule has 1 aromatic heterocycles. The Morgan fingerprint density at radius 3 is 2.09 bits per heavy atom. The second-order valence-electron chi connectivity index (χ2n) is 7.68. The van der Waals surface area contributed by atoms with Gasteiger partial charge in [-0.3, -0.25) is 0 Å². The van der Waals surface area contributed by atoms with Crippen LogP contribution >= 0.6 is 23.2 Å². The Hall–Kier alpha value is -3.61. The Morgan fingerprint density at radius 1 is 0.879 bits per heavy atom. The first kappa shape index (κ1) is 21.2. The molecule has 6 nitrogen and oxygen atoms in total. The number of halogens is 2. The van der Waals surface area contributed by atoms with Crippen molar-refractivity contribution >= 4 is 34.9 Å². The fraction of sp³-hybridized carbons (Fsp3) is 0.0800. The van der Waals surface area contributed by atoms with Gasteiger partial charge in [0.1, 0.15) is 0 Å². The molecule has 0 spiro atoms. The van der Waals surface area contributed by atoms with Gasteiger partial charge in [-0.15, -0.1) is 0 Å². The molecule has 2 N–H and O–H groups in total. The number of amides is 2. The number of nitrogens with zero attached hydrogens (tertiary/aromatic N) is 4. The highest BCUT2D eigenvalue weighted by atomic mass is 35.5. The van der Waals surface area contributed by atoms with Crippen LogP contribution in [-0.2, 0) is 0 Å². The number of hydrogen-bond donors (Lipinski definition) is 1. The molecule has 1 atom stereocenters. The predicted octanol–water partition coefficient (Wildman–Crippen LogP) is 6.08. The van der Waals surface area contributed by atoms with Gasteiger partial charge in [-0.1, -0.05) is 65.7 Å². The van der Waals surface area contributed by atoms with Gasteiger partial charge < -0.3 is 5.73 Å². The van der Waals surface area contributed by atoms with E-state index in [0.29, 0.717) is 16.5 Å². The molecular weight excluding hydrogens is 457 g/mol. The normalized spacial score (nSPS) is 15.5. The molecule has 0 radical (unpaired) electrons. The minimum absolute atomic E-state index is 0.406. The van der Waals surface area contributed by atoms with Gasteiger partial charge in [-0.25, -0.2) is 14.5 Å². The Kier molecular flexibility index (Phi) is 5.62. The van der Waals surface area contributed by atoms with Gasteiger partial charge >= 0.3 is 6.03 Å². The van der Waals surface area contributed by atoms with E-state index in [1.165, 1.54) is 5.01 Å². The summed E-state index contributed by atoms with van der Waals surface area (Å²) in [4.78, 5) is 12.4. The predicted molar refractivity (Wildman–Crippen MR) is 131 cm³/mol. The minimum atomic E-state index is -0.626. The monoisotopic (exact) mass is 475 g/mol. The zero-order valence-corrected chi connectivity index (χ0v) is 18.9. The second-order valence-corrected chi connectivity index (χ2v) is 8.55. The Bertz CT molecular complexity index is 1330. The van der Waals surface area contributed by atoms with Crippen LogP contribution in [0.2, 0.25) is 10.0 Å². The molecule has 5 rings (SSSR count). The van der Waals surface area contributed by atoms with Gasteiger partial charge in [-0.05, 0) is 42.0 Å². The maximum absolute atomic E-state index is 12.4. The molecule has 2 heterocycles. The van der Waals surface area contributed by atoms with Crippen molar-refractivity contribution in [3.05, 3.63) is 106 Å². The standard InChI is InChI=1S/C25H19Cl2N5O/c26-18-10-6-16(7-11-18)22-14-23(32(29-22)25(28)33)21-15-31(20-4-2-1-3-5-20)30-24(21)17-8-12-19(27)13-9-17/h1-13,15,23H,14H2,(H2,28,33). The quantitative estimate of drug-likeness (QED) is 0.388. The molecule has 0 saturated carbocycles. The van der Waals surface area contributed by atoms with Crippen LogP contribution in [0.1, 0.15) is 23.6 Å². The van der Waals surface area contributed by atoms with E-state index in [0.717, 1.165) is 33.8 Å². The van der Waals surface area contributed by atoms with Crippen LogP contribution in [-0.4, -0.2) is 26.5 Å². The first-order valence-electron chi connectivity index (χ1n) is 10.3. The van der Waals surface area contributed by atoms with Crippen LogP contribution in [0.4, 0.5) is 4.79 Å². The SMILES string of the molecule is NC(=O)N1N=C(c2ccc(Cl)cc2)CC1c1cn(-c2ccccc2)nc1-c1ccc(Cl)cc1. The third kappa shape index (κ3) is 4.23. The molecule has 33 heavy (non-hydrogen) atoms. The third-order valence-electron chi connectivity index (χ3n) is 5.55. The lowest BCUT2D eigenvalue weighted by molar-refractivity contribution is 0.196. The lowest BCUT2D eigenvalue weighted by Crippen LogP contribution is -2.32. The van der Waals surface area contributed by atoms with Gasteiger partial charge in [0.05, 0.1) is 23.1 Å². The van der Waals surface area contributed by atoms with Gasteiger partial charge in [0.15, 0.2) is 0 Å². The van der Waals surface area contributed by atoms with Gasteiger partial charge in [-0.2, -0.15) is 10.2 Å². The van der Waals surface area contributed by atoms with Crippen LogP contribution < -0.4 is 5.73 Å². The van der Waals surface area contributed by atoms with Gasteiger partial charge in [0, 0.05) is 33.8 Å². The molecule has 1 aliphatic rings. The van der Waals surface area contributed by atoms with E-state index in [1.54, 1.807) is 16.8 Å². The summed E-state index contributed by atoms with van der Waals surface area (Å²) in [6.07, 6.45) is 2.42. The van der Waals surface area contributed by atoms with E-state index in [1.807, 2.05) is 72.9 Å². The molecule has 4 aromatic rings. The summed E-state index contributed by atoms with van der Waals surface area (Å²) in [5.41, 5.74) is 10.7. The number of para-hydroxylation sites is 1. The molecular formula is C25H19Cl2N5O. The highest BCUT2D eigenvalue weighted by Crippen LogP contribution is 2.38. The summed E-state index contributed by atoms with van der Waals surface area (Å²) in [5, 5.41) is 12.0. The zero-order chi connectivity index (χ0) is 22.9. The highest BCUT2D eigenvalue weighted by Gasteiger charge is 2.35. The fourth-order valence-corrected chi connectivity index (χ4v) is 4.20. The van der Waals surface area contributed by atoms with E-state index in [9.17, 15) is 4.79 Å². The van der Waals surface area contributed by atoms with Crippen LogP contribution in [0.25, 0.3) is 16.9 Å². The van der Waals surface area contributed by atoms with Crippen molar-refractivity contribution in [3.63, 3.8) is 0 Å². The number of hydrazone groups is 1. The molecule has 3 aromatic carbocycles. The summed E-state index contributed by atoms with van der Waals surface area (Å²) in [5.74, 6) is 0. The average Bonchev–Trinajstić information content (AvgIpc) is 3.46. The molecule has 0 saturated heterocycles. The number of hydrogen-bond acceptors (Lipinski definition) is 3. The number of carbonyl (C=O) groups excluding carboxylic acids is 1. The number of aromatic nitrogens is 2. The largest absolute Gasteiger partial charge is 0.350 e. The number of rotatable bonds is 4. The number of nitrogens with two attached hydrogens (primary N) is 1. The van der Waals surface area contributed by atoms with E-state index >= 15 is 0 Å². The maximum atomic E-state index is 12.4. The smallest absolute Gasteiger partial charge is 0.335 e. The topological polar surface area (TPSA) is 76.5 Å². The second kappa shape index (κ2) is 8.73. The van der Waals surface area contributed by atoms with Crippen molar-refractivity contribution in [1.82, 2.24) is 14.8 Å². The highest BCUT2D eigenvalue weighted by molar-refractivity contribution is 6.31. The average molecular weight is 476 g/mol. The Balaban J connectivity index is 1.61. The van der Waals surface area contributed by atoms with Crippen molar-refractivity contribution in [2.45, 2.75) is 12.5 Å². The van der Waals surface area contributed by atoms with Gasteiger partial charge in [0.25, 0.3) is 0 Å². The summed E-state index contributed by atoms with van der Waals surface area (Å²) in [6, 6.07) is 23.6. The lowest BCUT2D eigenvalue weighted by Gasteiger charge is -2.19. The molecule has 0 fully saturated rings. The van der Waals surface area contributed by atoms with Crippen molar-refractivity contribution in [3.8, 4) is 16.9 Å². The third-order valence-corrected chi connectivity index (χ3v) is 6.06. The molecule has 2 amide bonds. The molecule has 0 bridgehead atoms. The van der Waals surface area contributed by atoms with Gasteiger partial charge in [0.2, 0.25) is 0 Å². The fourth-order valence-electron chi connectivity index (χ4n) is 3.95. The van der Waals surface area contributed by atoms with E-state index in [4.69, 9.17) is 34.0 Å². The number of benzene rings is 3.